The molecule has 1 aliphatic rings. The molecule has 2 N–H and O–H groups in total. The summed E-state index contributed by atoms with van der Waals surface area (Å²) in [6, 6.07) is 10.4. The molecule has 3 aromatic heterocycles. The molecule has 0 unspecified atom stereocenters. The molecule has 0 aliphatic heterocycles. The van der Waals surface area contributed by atoms with E-state index in [9.17, 15) is 4.79 Å². The number of nitrogens with one attached hydrogen (secondary N) is 1. The fourth-order valence-electron chi connectivity index (χ4n) is 4.32. The molecule has 33 heavy (non-hydrogen) atoms. The SMILES string of the molecule is Cc1ccc2nc(-c3ccc(-c4cnc(OC5CCC(CC(=O)O)CC5)nc4)nc3)[nH]c2c1. The van der Waals surface area contributed by atoms with Crippen LogP contribution in [0.1, 0.15) is 37.7 Å². The number of imidazole rings is 1. The quantitative estimate of drug-likeness (QED) is 0.440. The van der Waals surface area contributed by atoms with Crippen LogP contribution in [0.4, 0.5) is 0 Å². The topological polar surface area (TPSA) is 114 Å². The van der Waals surface area contributed by atoms with E-state index < -0.39 is 5.97 Å². The molecule has 0 bridgehead atoms. The Hall–Kier alpha value is -3.81. The van der Waals surface area contributed by atoms with Gasteiger partial charge in [-0.1, -0.05) is 6.07 Å². The molecule has 0 amide bonds. The number of hydrogen-bond donors (Lipinski definition) is 2. The summed E-state index contributed by atoms with van der Waals surface area (Å²) in [6.45, 7) is 2.06. The molecule has 8 heteroatoms. The first-order chi connectivity index (χ1) is 16.0. The van der Waals surface area contributed by atoms with Crippen LogP contribution < -0.4 is 4.74 Å². The molecule has 8 nitrogen and oxygen atoms in total. The summed E-state index contributed by atoms with van der Waals surface area (Å²) < 4.78 is 5.91. The number of nitrogens with zero attached hydrogens (tertiary/aromatic N) is 4. The minimum atomic E-state index is -0.729. The lowest BCUT2D eigenvalue weighted by atomic mass is 9.85. The van der Waals surface area contributed by atoms with E-state index >= 15 is 0 Å². The lowest BCUT2D eigenvalue weighted by Crippen LogP contribution is -2.25. The van der Waals surface area contributed by atoms with Gasteiger partial charge < -0.3 is 14.8 Å². The number of rotatable bonds is 6. The fraction of sp³-hybridized carbons (Fsp3) is 0.320. The summed E-state index contributed by atoms with van der Waals surface area (Å²) in [5, 5.41) is 8.94. The Balaban J connectivity index is 1.22. The number of aryl methyl sites for hydroxylation is 1. The van der Waals surface area contributed by atoms with E-state index in [4.69, 9.17) is 9.84 Å². The highest BCUT2D eigenvalue weighted by Crippen LogP contribution is 2.29. The summed E-state index contributed by atoms with van der Waals surface area (Å²) in [7, 11) is 0. The maximum Gasteiger partial charge on any atom is 0.316 e. The second-order valence-electron chi connectivity index (χ2n) is 8.65. The van der Waals surface area contributed by atoms with Crippen LogP contribution in [0.3, 0.4) is 0 Å². The Bertz CT molecular complexity index is 1260. The van der Waals surface area contributed by atoms with Crippen molar-refractivity contribution in [3.8, 4) is 28.7 Å². The Morgan fingerprint density at radius 2 is 1.79 bits per heavy atom. The third kappa shape index (κ3) is 4.84. The zero-order chi connectivity index (χ0) is 22.8. The normalized spacial score (nSPS) is 18.3. The monoisotopic (exact) mass is 443 g/mol. The van der Waals surface area contributed by atoms with Crippen LogP contribution in [0.2, 0.25) is 0 Å². The number of aliphatic carboxylic acids is 1. The van der Waals surface area contributed by atoms with Gasteiger partial charge in [0.05, 0.1) is 16.7 Å². The van der Waals surface area contributed by atoms with E-state index in [0.717, 1.165) is 59.4 Å². The predicted octanol–water partition coefficient (Wildman–Crippen LogP) is 4.80. The van der Waals surface area contributed by atoms with Gasteiger partial charge in [-0.25, -0.2) is 15.0 Å². The van der Waals surface area contributed by atoms with Crippen LogP contribution in [0, 0.1) is 12.8 Å². The molecule has 0 saturated heterocycles. The molecule has 1 fully saturated rings. The number of aromatic amines is 1. The van der Waals surface area contributed by atoms with Crippen LogP contribution >= 0.6 is 0 Å². The Labute approximate surface area is 191 Å². The molecule has 1 aliphatic carbocycles. The number of fused-ring (bicyclic) bond motifs is 1. The molecule has 5 rings (SSSR count). The molecular formula is C25H25N5O3. The van der Waals surface area contributed by atoms with Crippen molar-refractivity contribution in [2.45, 2.75) is 45.1 Å². The van der Waals surface area contributed by atoms with E-state index in [1.54, 1.807) is 18.6 Å². The summed E-state index contributed by atoms with van der Waals surface area (Å²) in [5.41, 5.74) is 5.61. The van der Waals surface area contributed by atoms with Gasteiger partial charge in [0.25, 0.3) is 0 Å². The predicted molar refractivity (Wildman–Crippen MR) is 124 cm³/mol. The Morgan fingerprint density at radius 3 is 2.48 bits per heavy atom. The highest BCUT2D eigenvalue weighted by Gasteiger charge is 2.24. The first-order valence-electron chi connectivity index (χ1n) is 11.2. The van der Waals surface area contributed by atoms with E-state index in [0.29, 0.717) is 6.01 Å². The maximum absolute atomic E-state index is 10.9. The maximum atomic E-state index is 10.9. The van der Waals surface area contributed by atoms with E-state index in [1.807, 2.05) is 24.3 Å². The molecule has 1 saturated carbocycles. The average Bonchev–Trinajstić information content (AvgIpc) is 3.24. The minimum absolute atomic E-state index is 0.0332. The minimum Gasteiger partial charge on any atom is -0.481 e. The molecule has 0 spiro atoms. The average molecular weight is 444 g/mol. The van der Waals surface area contributed by atoms with Gasteiger partial charge in [-0.3, -0.25) is 9.78 Å². The van der Waals surface area contributed by atoms with Crippen LogP contribution in [-0.4, -0.2) is 42.1 Å². The van der Waals surface area contributed by atoms with Gasteiger partial charge in [-0.2, -0.15) is 0 Å². The smallest absolute Gasteiger partial charge is 0.316 e. The van der Waals surface area contributed by atoms with E-state index in [2.05, 4.69) is 37.9 Å². The number of pyridine rings is 1. The van der Waals surface area contributed by atoms with Crippen LogP contribution in [-0.2, 0) is 4.79 Å². The summed E-state index contributed by atoms with van der Waals surface area (Å²) >= 11 is 0. The number of carboxylic acids is 1. The molecule has 1 aromatic carbocycles. The van der Waals surface area contributed by atoms with Gasteiger partial charge in [-0.15, -0.1) is 0 Å². The Kier molecular flexibility index (Phi) is 5.73. The number of carbonyl (C=O) groups is 1. The fourth-order valence-corrected chi connectivity index (χ4v) is 4.32. The second kappa shape index (κ2) is 8.97. The van der Waals surface area contributed by atoms with Crippen molar-refractivity contribution < 1.29 is 14.6 Å². The number of aromatic nitrogens is 5. The largest absolute Gasteiger partial charge is 0.481 e. The molecule has 0 radical (unpaired) electrons. The summed E-state index contributed by atoms with van der Waals surface area (Å²) in [6.07, 6.45) is 8.85. The molecule has 168 valence electrons. The van der Waals surface area contributed by atoms with Crippen LogP contribution in [0.5, 0.6) is 6.01 Å². The Morgan fingerprint density at radius 1 is 1.03 bits per heavy atom. The van der Waals surface area contributed by atoms with Crippen molar-refractivity contribution in [3.05, 3.63) is 54.5 Å². The zero-order valence-electron chi connectivity index (χ0n) is 18.4. The summed E-state index contributed by atoms with van der Waals surface area (Å²) in [4.78, 5) is 32.1. The van der Waals surface area contributed by atoms with Crippen molar-refractivity contribution in [1.82, 2.24) is 24.9 Å². The highest BCUT2D eigenvalue weighted by atomic mass is 16.5. The van der Waals surface area contributed by atoms with Gasteiger partial charge >= 0.3 is 12.0 Å². The number of benzene rings is 1. The van der Waals surface area contributed by atoms with Crippen molar-refractivity contribution in [2.75, 3.05) is 0 Å². The van der Waals surface area contributed by atoms with Crippen LogP contribution in [0.25, 0.3) is 33.7 Å². The van der Waals surface area contributed by atoms with Crippen molar-refractivity contribution in [3.63, 3.8) is 0 Å². The first kappa shape index (κ1) is 21.1. The van der Waals surface area contributed by atoms with Gasteiger partial charge in [0, 0.05) is 36.1 Å². The lowest BCUT2D eigenvalue weighted by molar-refractivity contribution is -0.138. The second-order valence-corrected chi connectivity index (χ2v) is 8.65. The standard InChI is InChI=1S/C25H25N5O3/c1-15-2-8-21-22(10-15)30-24(29-21)17-5-9-20(26-12-17)18-13-27-25(28-14-18)33-19-6-3-16(4-7-19)11-23(31)32/h2,5,8-10,12-14,16,19H,3-4,6-7,11H2,1H3,(H,29,30)(H,31,32). The molecule has 0 atom stereocenters. The van der Waals surface area contributed by atoms with Gasteiger partial charge in [0.15, 0.2) is 0 Å². The van der Waals surface area contributed by atoms with Crippen molar-refractivity contribution in [2.24, 2.45) is 5.92 Å². The van der Waals surface area contributed by atoms with Crippen molar-refractivity contribution in [1.29, 1.82) is 0 Å². The van der Waals surface area contributed by atoms with Crippen molar-refractivity contribution >= 4 is 17.0 Å². The number of ether oxygens (including phenoxy) is 1. The third-order valence-corrected chi connectivity index (χ3v) is 6.13. The first-order valence-corrected chi connectivity index (χ1v) is 11.2. The van der Waals surface area contributed by atoms with E-state index in [-0.39, 0.29) is 18.4 Å². The molecular weight excluding hydrogens is 418 g/mol. The lowest BCUT2D eigenvalue weighted by Gasteiger charge is -2.27. The molecule has 3 heterocycles. The summed E-state index contributed by atoms with van der Waals surface area (Å²) in [5.74, 6) is 0.295. The van der Waals surface area contributed by atoms with Gasteiger partial charge in [-0.05, 0) is 68.4 Å². The number of hydrogen-bond acceptors (Lipinski definition) is 6. The van der Waals surface area contributed by atoms with Gasteiger partial charge in [0.2, 0.25) is 0 Å². The van der Waals surface area contributed by atoms with Crippen LogP contribution in [0.15, 0.2) is 48.9 Å². The zero-order valence-corrected chi connectivity index (χ0v) is 18.4. The van der Waals surface area contributed by atoms with Gasteiger partial charge in [0.1, 0.15) is 11.9 Å². The number of carboxylic acid groups (broad SMARTS) is 1. The highest BCUT2D eigenvalue weighted by molar-refractivity contribution is 5.80. The molecule has 4 aromatic rings. The van der Waals surface area contributed by atoms with E-state index in [1.165, 1.54) is 5.56 Å². The third-order valence-electron chi connectivity index (χ3n) is 6.13. The number of H-pyrrole nitrogens is 1.